The summed E-state index contributed by atoms with van der Waals surface area (Å²) in [7, 11) is 0. The quantitative estimate of drug-likeness (QED) is 0.714. The Morgan fingerprint density at radius 2 is 2.00 bits per heavy atom. The summed E-state index contributed by atoms with van der Waals surface area (Å²) >= 11 is 5.88. The smallest absolute Gasteiger partial charge is 0.156 e. The number of hydrogen-bond donors (Lipinski definition) is 0. The van der Waals surface area contributed by atoms with Crippen LogP contribution < -0.4 is 4.74 Å². The number of nitrogens with zero attached hydrogens (tertiary/aromatic N) is 3. The molecule has 3 rings (SSSR count). The molecule has 4 nitrogen and oxygen atoms in total. The maximum absolute atomic E-state index is 9.20. The first-order valence-corrected chi connectivity index (χ1v) is 6.22. The SMILES string of the molecule is N#Cc1cnc2ccccc2c1Oc1cncc(Cl)c1. The molecule has 0 aliphatic rings. The van der Waals surface area contributed by atoms with E-state index in [-0.39, 0.29) is 0 Å². The molecule has 20 heavy (non-hydrogen) atoms. The summed E-state index contributed by atoms with van der Waals surface area (Å²) in [5.41, 5.74) is 1.13. The standard InChI is InChI=1S/C15H8ClN3O/c16-11-5-12(9-18-8-11)20-15-10(6-17)7-19-14-4-2-1-3-13(14)15/h1-5,7-9H. The number of nitriles is 1. The highest BCUT2D eigenvalue weighted by Crippen LogP contribution is 2.32. The molecule has 0 N–H and O–H groups in total. The Morgan fingerprint density at radius 1 is 1.15 bits per heavy atom. The van der Waals surface area contributed by atoms with Crippen LogP contribution in [0, 0.1) is 11.3 Å². The minimum Gasteiger partial charge on any atom is -0.454 e. The van der Waals surface area contributed by atoms with Crippen molar-refractivity contribution < 1.29 is 4.74 Å². The van der Waals surface area contributed by atoms with Crippen LogP contribution >= 0.6 is 11.6 Å². The lowest BCUT2D eigenvalue weighted by molar-refractivity contribution is 0.484. The molecule has 0 aliphatic heterocycles. The van der Waals surface area contributed by atoms with Crippen molar-refractivity contribution in [1.82, 2.24) is 9.97 Å². The summed E-state index contributed by atoms with van der Waals surface area (Å²) in [6.45, 7) is 0. The normalized spacial score (nSPS) is 10.2. The van der Waals surface area contributed by atoms with Gasteiger partial charge in [0.15, 0.2) is 5.75 Å². The lowest BCUT2D eigenvalue weighted by atomic mass is 10.1. The molecule has 2 aromatic heterocycles. The van der Waals surface area contributed by atoms with Crippen LogP contribution in [0.25, 0.3) is 10.9 Å². The van der Waals surface area contributed by atoms with Gasteiger partial charge in [-0.3, -0.25) is 9.97 Å². The van der Waals surface area contributed by atoms with Crippen molar-refractivity contribution in [1.29, 1.82) is 5.26 Å². The fourth-order valence-corrected chi connectivity index (χ4v) is 2.04. The van der Waals surface area contributed by atoms with Gasteiger partial charge in [0.2, 0.25) is 0 Å². The van der Waals surface area contributed by atoms with Gasteiger partial charge < -0.3 is 4.74 Å². The molecule has 0 saturated heterocycles. The monoisotopic (exact) mass is 281 g/mol. The summed E-state index contributed by atoms with van der Waals surface area (Å²) in [5, 5.41) is 10.4. The maximum Gasteiger partial charge on any atom is 0.156 e. The van der Waals surface area contributed by atoms with Crippen molar-refractivity contribution in [3.63, 3.8) is 0 Å². The Hall–Kier alpha value is -2.64. The van der Waals surface area contributed by atoms with Gasteiger partial charge in [0, 0.05) is 23.8 Å². The van der Waals surface area contributed by atoms with E-state index in [2.05, 4.69) is 16.0 Å². The number of para-hydroxylation sites is 1. The van der Waals surface area contributed by atoms with Crippen LogP contribution in [-0.2, 0) is 0 Å². The van der Waals surface area contributed by atoms with Crippen molar-refractivity contribution in [2.24, 2.45) is 0 Å². The molecule has 0 aliphatic carbocycles. The molecule has 5 heteroatoms. The van der Waals surface area contributed by atoms with E-state index in [4.69, 9.17) is 16.3 Å². The fraction of sp³-hybridized carbons (Fsp3) is 0. The second-order valence-corrected chi connectivity index (χ2v) is 4.51. The van der Waals surface area contributed by atoms with E-state index in [0.717, 1.165) is 10.9 Å². The van der Waals surface area contributed by atoms with Gasteiger partial charge in [-0.05, 0) is 12.1 Å². The molecule has 0 bridgehead atoms. The molecule has 96 valence electrons. The number of hydrogen-bond acceptors (Lipinski definition) is 4. The van der Waals surface area contributed by atoms with Gasteiger partial charge in [-0.2, -0.15) is 5.26 Å². The van der Waals surface area contributed by atoms with Crippen LogP contribution in [0.2, 0.25) is 5.02 Å². The average molecular weight is 282 g/mol. The molecule has 3 aromatic rings. The maximum atomic E-state index is 9.20. The van der Waals surface area contributed by atoms with Crippen molar-refractivity contribution >= 4 is 22.5 Å². The van der Waals surface area contributed by atoms with E-state index in [1.807, 2.05) is 24.3 Å². The molecule has 0 unspecified atom stereocenters. The molecule has 1 aromatic carbocycles. The Morgan fingerprint density at radius 3 is 2.80 bits per heavy atom. The first-order valence-electron chi connectivity index (χ1n) is 5.84. The molecule has 0 amide bonds. The van der Waals surface area contributed by atoms with E-state index < -0.39 is 0 Å². The minimum atomic E-state index is 0.365. The molecule has 2 heterocycles. The Kier molecular flexibility index (Phi) is 3.20. The lowest BCUT2D eigenvalue weighted by Crippen LogP contribution is -1.92. The van der Waals surface area contributed by atoms with Crippen LogP contribution in [0.5, 0.6) is 11.5 Å². The summed E-state index contributed by atoms with van der Waals surface area (Å²) in [6.07, 6.45) is 4.56. The van der Waals surface area contributed by atoms with E-state index in [9.17, 15) is 5.26 Å². The van der Waals surface area contributed by atoms with Gasteiger partial charge in [0.05, 0.1) is 16.7 Å². The molecule has 0 radical (unpaired) electrons. The first kappa shape index (κ1) is 12.4. The van der Waals surface area contributed by atoms with Crippen LogP contribution in [-0.4, -0.2) is 9.97 Å². The largest absolute Gasteiger partial charge is 0.454 e. The Bertz CT molecular complexity index is 827. The minimum absolute atomic E-state index is 0.365. The number of benzene rings is 1. The van der Waals surface area contributed by atoms with Gasteiger partial charge in [-0.1, -0.05) is 23.7 Å². The zero-order valence-corrected chi connectivity index (χ0v) is 11.0. The van der Waals surface area contributed by atoms with E-state index >= 15 is 0 Å². The predicted molar refractivity (Wildman–Crippen MR) is 75.8 cm³/mol. The van der Waals surface area contributed by atoms with E-state index in [0.29, 0.717) is 22.1 Å². The van der Waals surface area contributed by atoms with Crippen molar-refractivity contribution in [2.75, 3.05) is 0 Å². The first-order chi connectivity index (χ1) is 9.78. The summed E-state index contributed by atoms with van der Waals surface area (Å²) in [4.78, 5) is 8.19. The molecular formula is C15H8ClN3O. The molecule has 0 saturated carbocycles. The van der Waals surface area contributed by atoms with Gasteiger partial charge in [-0.25, -0.2) is 0 Å². The van der Waals surface area contributed by atoms with Gasteiger partial charge >= 0.3 is 0 Å². The fourth-order valence-electron chi connectivity index (χ4n) is 1.87. The molecule has 0 spiro atoms. The Labute approximate surface area is 120 Å². The van der Waals surface area contributed by atoms with Gasteiger partial charge in [0.25, 0.3) is 0 Å². The van der Waals surface area contributed by atoms with Gasteiger partial charge in [0.1, 0.15) is 17.4 Å². The lowest BCUT2D eigenvalue weighted by Gasteiger charge is -2.10. The zero-order chi connectivity index (χ0) is 13.9. The summed E-state index contributed by atoms with van der Waals surface area (Å²) in [6, 6.07) is 11.2. The second kappa shape index (κ2) is 5.16. The number of rotatable bonds is 2. The van der Waals surface area contributed by atoms with Crippen LogP contribution in [0.4, 0.5) is 0 Å². The number of ether oxygens (including phenoxy) is 1. The average Bonchev–Trinajstić information content (AvgIpc) is 2.48. The topological polar surface area (TPSA) is 58.8 Å². The van der Waals surface area contributed by atoms with Crippen molar-refractivity contribution in [3.05, 3.63) is 59.5 Å². The third-order valence-electron chi connectivity index (χ3n) is 2.75. The van der Waals surface area contributed by atoms with E-state index in [1.165, 1.54) is 12.4 Å². The highest BCUT2D eigenvalue weighted by molar-refractivity contribution is 6.30. The van der Waals surface area contributed by atoms with E-state index in [1.54, 1.807) is 12.3 Å². The molecule has 0 fully saturated rings. The highest BCUT2D eigenvalue weighted by Gasteiger charge is 2.11. The zero-order valence-electron chi connectivity index (χ0n) is 10.2. The number of halogens is 1. The molecular weight excluding hydrogens is 274 g/mol. The number of fused-ring (bicyclic) bond motifs is 1. The van der Waals surface area contributed by atoms with Crippen LogP contribution in [0.3, 0.4) is 0 Å². The summed E-state index contributed by atoms with van der Waals surface area (Å²) < 4.78 is 5.79. The van der Waals surface area contributed by atoms with Crippen molar-refractivity contribution in [3.8, 4) is 17.6 Å². The highest BCUT2D eigenvalue weighted by atomic mass is 35.5. The number of pyridine rings is 2. The van der Waals surface area contributed by atoms with Crippen LogP contribution in [0.15, 0.2) is 48.9 Å². The number of aromatic nitrogens is 2. The third-order valence-corrected chi connectivity index (χ3v) is 2.95. The predicted octanol–water partition coefficient (Wildman–Crippen LogP) is 3.95. The Balaban J connectivity index is 2.17. The third kappa shape index (κ3) is 2.27. The van der Waals surface area contributed by atoms with Crippen molar-refractivity contribution in [2.45, 2.75) is 0 Å². The van der Waals surface area contributed by atoms with Gasteiger partial charge in [-0.15, -0.1) is 0 Å². The second-order valence-electron chi connectivity index (χ2n) is 4.07. The molecule has 0 atom stereocenters. The summed E-state index contributed by atoms with van der Waals surface area (Å²) in [5.74, 6) is 0.938. The van der Waals surface area contributed by atoms with Crippen LogP contribution in [0.1, 0.15) is 5.56 Å².